The SMILES string of the molecule is CC#CCCC(O)Cc1ccc(Cl)c(Cl)c1. The Labute approximate surface area is 106 Å². The van der Waals surface area contributed by atoms with Crippen molar-refractivity contribution in [3.05, 3.63) is 33.8 Å². The molecule has 16 heavy (non-hydrogen) atoms. The van der Waals surface area contributed by atoms with Crippen LogP contribution in [0.1, 0.15) is 25.3 Å². The van der Waals surface area contributed by atoms with E-state index in [-0.39, 0.29) is 6.10 Å². The van der Waals surface area contributed by atoms with Gasteiger partial charge in [-0.15, -0.1) is 11.8 Å². The van der Waals surface area contributed by atoms with Crippen molar-refractivity contribution in [3.63, 3.8) is 0 Å². The molecule has 1 unspecified atom stereocenters. The zero-order valence-corrected chi connectivity index (χ0v) is 10.6. The van der Waals surface area contributed by atoms with Crippen LogP contribution in [-0.4, -0.2) is 11.2 Å². The van der Waals surface area contributed by atoms with E-state index < -0.39 is 0 Å². The van der Waals surface area contributed by atoms with E-state index in [1.807, 2.05) is 6.07 Å². The first-order chi connectivity index (χ1) is 7.63. The Kier molecular flexibility index (Phi) is 5.69. The molecule has 0 aliphatic rings. The highest BCUT2D eigenvalue weighted by atomic mass is 35.5. The summed E-state index contributed by atoms with van der Waals surface area (Å²) in [5.74, 6) is 5.73. The van der Waals surface area contributed by atoms with Crippen molar-refractivity contribution in [1.29, 1.82) is 0 Å². The fourth-order valence-electron chi connectivity index (χ4n) is 1.40. The normalized spacial score (nSPS) is 11.8. The molecule has 0 saturated heterocycles. The van der Waals surface area contributed by atoms with Gasteiger partial charge in [0.05, 0.1) is 16.1 Å². The molecule has 0 saturated carbocycles. The third kappa shape index (κ3) is 4.45. The minimum atomic E-state index is -0.377. The maximum atomic E-state index is 9.75. The molecule has 0 radical (unpaired) electrons. The largest absolute Gasteiger partial charge is 0.393 e. The third-order valence-electron chi connectivity index (χ3n) is 2.23. The van der Waals surface area contributed by atoms with E-state index in [1.54, 1.807) is 19.1 Å². The number of hydrogen-bond donors (Lipinski definition) is 1. The van der Waals surface area contributed by atoms with Crippen LogP contribution in [0.2, 0.25) is 10.0 Å². The van der Waals surface area contributed by atoms with Gasteiger partial charge in [-0.25, -0.2) is 0 Å². The number of hydrogen-bond acceptors (Lipinski definition) is 1. The summed E-state index contributed by atoms with van der Waals surface area (Å²) in [6.45, 7) is 1.80. The van der Waals surface area contributed by atoms with Crippen molar-refractivity contribution in [1.82, 2.24) is 0 Å². The van der Waals surface area contributed by atoms with E-state index in [9.17, 15) is 5.11 Å². The minimum Gasteiger partial charge on any atom is -0.393 e. The molecule has 0 aliphatic carbocycles. The van der Waals surface area contributed by atoms with Gasteiger partial charge in [0.25, 0.3) is 0 Å². The van der Waals surface area contributed by atoms with E-state index >= 15 is 0 Å². The maximum absolute atomic E-state index is 9.75. The molecule has 1 nitrogen and oxygen atoms in total. The van der Waals surface area contributed by atoms with Crippen molar-refractivity contribution in [2.75, 3.05) is 0 Å². The Morgan fingerprint density at radius 1 is 1.31 bits per heavy atom. The third-order valence-corrected chi connectivity index (χ3v) is 2.97. The van der Waals surface area contributed by atoms with Crippen molar-refractivity contribution in [2.24, 2.45) is 0 Å². The number of halogens is 2. The molecular formula is C13H14Cl2O. The standard InChI is InChI=1S/C13H14Cl2O/c1-2-3-4-5-11(16)8-10-6-7-12(14)13(15)9-10/h6-7,9,11,16H,4-5,8H2,1H3. The maximum Gasteiger partial charge on any atom is 0.0595 e. The fourth-order valence-corrected chi connectivity index (χ4v) is 1.73. The van der Waals surface area contributed by atoms with Crippen molar-refractivity contribution < 1.29 is 5.11 Å². The number of rotatable bonds is 4. The average molecular weight is 257 g/mol. The van der Waals surface area contributed by atoms with E-state index in [1.165, 1.54) is 0 Å². The molecule has 1 aromatic rings. The lowest BCUT2D eigenvalue weighted by Crippen LogP contribution is -2.09. The molecule has 1 aromatic carbocycles. The van der Waals surface area contributed by atoms with Gasteiger partial charge >= 0.3 is 0 Å². The van der Waals surface area contributed by atoms with Crippen LogP contribution in [0.4, 0.5) is 0 Å². The molecule has 0 bridgehead atoms. The second kappa shape index (κ2) is 6.81. The summed E-state index contributed by atoms with van der Waals surface area (Å²) < 4.78 is 0. The summed E-state index contributed by atoms with van der Waals surface area (Å²) in [6.07, 6.45) is 1.61. The number of aliphatic hydroxyl groups is 1. The first kappa shape index (κ1) is 13.4. The molecule has 0 amide bonds. The van der Waals surface area contributed by atoms with Crippen molar-refractivity contribution in [2.45, 2.75) is 32.3 Å². The first-order valence-electron chi connectivity index (χ1n) is 5.15. The molecule has 0 aliphatic heterocycles. The Balaban J connectivity index is 2.51. The lowest BCUT2D eigenvalue weighted by molar-refractivity contribution is 0.167. The molecule has 86 valence electrons. The van der Waals surface area contributed by atoms with E-state index in [0.29, 0.717) is 22.9 Å². The topological polar surface area (TPSA) is 20.2 Å². The summed E-state index contributed by atoms with van der Waals surface area (Å²) in [5.41, 5.74) is 0.992. The van der Waals surface area contributed by atoms with Gasteiger partial charge in [0, 0.05) is 6.42 Å². The van der Waals surface area contributed by atoms with E-state index in [4.69, 9.17) is 23.2 Å². The highest BCUT2D eigenvalue weighted by molar-refractivity contribution is 6.42. The summed E-state index contributed by atoms with van der Waals surface area (Å²) in [4.78, 5) is 0. The Morgan fingerprint density at radius 3 is 2.69 bits per heavy atom. The molecule has 0 fully saturated rings. The zero-order chi connectivity index (χ0) is 12.0. The quantitative estimate of drug-likeness (QED) is 0.815. The van der Waals surface area contributed by atoms with Crippen LogP contribution in [0.25, 0.3) is 0 Å². The fraction of sp³-hybridized carbons (Fsp3) is 0.385. The minimum absolute atomic E-state index is 0.377. The first-order valence-corrected chi connectivity index (χ1v) is 5.90. The highest BCUT2D eigenvalue weighted by Gasteiger charge is 2.06. The Morgan fingerprint density at radius 2 is 2.06 bits per heavy atom. The molecule has 0 spiro atoms. The number of benzene rings is 1. The van der Waals surface area contributed by atoms with Gasteiger partial charge < -0.3 is 5.11 Å². The summed E-state index contributed by atoms with van der Waals surface area (Å²) in [5, 5.41) is 10.8. The highest BCUT2D eigenvalue weighted by Crippen LogP contribution is 2.23. The van der Waals surface area contributed by atoms with Crippen LogP contribution in [0.15, 0.2) is 18.2 Å². The van der Waals surface area contributed by atoms with Gasteiger partial charge in [-0.05, 0) is 37.5 Å². The van der Waals surface area contributed by atoms with Gasteiger partial charge in [0.1, 0.15) is 0 Å². The van der Waals surface area contributed by atoms with E-state index in [2.05, 4.69) is 11.8 Å². The predicted molar refractivity (Wildman–Crippen MR) is 68.9 cm³/mol. The molecular weight excluding hydrogens is 243 g/mol. The zero-order valence-electron chi connectivity index (χ0n) is 9.13. The molecule has 1 atom stereocenters. The van der Waals surface area contributed by atoms with Crippen molar-refractivity contribution in [3.8, 4) is 11.8 Å². The monoisotopic (exact) mass is 256 g/mol. The molecule has 0 heterocycles. The van der Waals surface area contributed by atoms with Crippen LogP contribution in [0.3, 0.4) is 0 Å². The smallest absolute Gasteiger partial charge is 0.0595 e. The lowest BCUT2D eigenvalue weighted by atomic mass is 10.0. The summed E-state index contributed by atoms with van der Waals surface area (Å²) >= 11 is 11.7. The van der Waals surface area contributed by atoms with E-state index in [0.717, 1.165) is 12.0 Å². The summed E-state index contributed by atoms with van der Waals surface area (Å²) in [7, 11) is 0. The number of aliphatic hydroxyl groups excluding tert-OH is 1. The van der Waals surface area contributed by atoms with Gasteiger partial charge in [0.15, 0.2) is 0 Å². The van der Waals surface area contributed by atoms with Crippen LogP contribution < -0.4 is 0 Å². The van der Waals surface area contributed by atoms with Gasteiger partial charge in [-0.3, -0.25) is 0 Å². The predicted octanol–water partition coefficient (Wildman–Crippen LogP) is 3.70. The average Bonchev–Trinajstić information content (AvgIpc) is 2.24. The Hall–Kier alpha value is -0.680. The summed E-state index contributed by atoms with van der Waals surface area (Å²) in [6, 6.07) is 5.42. The lowest BCUT2D eigenvalue weighted by Gasteiger charge is -2.09. The molecule has 0 aromatic heterocycles. The Bertz CT molecular complexity index is 404. The van der Waals surface area contributed by atoms with Gasteiger partial charge in [-0.1, -0.05) is 29.3 Å². The van der Waals surface area contributed by atoms with Gasteiger partial charge in [-0.2, -0.15) is 0 Å². The van der Waals surface area contributed by atoms with Crippen molar-refractivity contribution >= 4 is 23.2 Å². The second-order valence-electron chi connectivity index (χ2n) is 3.57. The molecule has 1 rings (SSSR count). The van der Waals surface area contributed by atoms with Crippen LogP contribution >= 0.6 is 23.2 Å². The second-order valence-corrected chi connectivity index (χ2v) is 4.39. The van der Waals surface area contributed by atoms with Crippen LogP contribution in [0, 0.1) is 11.8 Å². The van der Waals surface area contributed by atoms with Crippen LogP contribution in [-0.2, 0) is 6.42 Å². The van der Waals surface area contributed by atoms with Gasteiger partial charge in [0.2, 0.25) is 0 Å². The van der Waals surface area contributed by atoms with Crippen LogP contribution in [0.5, 0.6) is 0 Å². The molecule has 3 heteroatoms. The molecule has 1 N–H and O–H groups in total.